The largest absolute Gasteiger partial charge is 0.395 e. The Bertz CT molecular complexity index is 737. The summed E-state index contributed by atoms with van der Waals surface area (Å²) >= 11 is 0. The lowest BCUT2D eigenvalue weighted by Crippen LogP contribution is -2.05. The minimum Gasteiger partial charge on any atom is -0.395 e. The molecule has 0 aliphatic heterocycles. The van der Waals surface area contributed by atoms with Gasteiger partial charge in [-0.3, -0.25) is 0 Å². The van der Waals surface area contributed by atoms with E-state index in [0.717, 1.165) is 22.4 Å². The highest BCUT2D eigenvalue weighted by Crippen LogP contribution is 2.21. The molecule has 0 amide bonds. The topological polar surface area (TPSA) is 75.9 Å². The standard InChI is InChI=1S/C14H15N5O/c1-10-15-5-4-14(18-10)19-13-8-12(16-6-7-20)3-2-11(13)9-17-19/h2-5,8-9,16,20H,6-7H2,1H3. The molecule has 0 saturated carbocycles. The monoisotopic (exact) mass is 269 g/mol. The fourth-order valence-corrected chi connectivity index (χ4v) is 2.07. The Balaban J connectivity index is 2.07. The molecule has 102 valence electrons. The average molecular weight is 269 g/mol. The van der Waals surface area contributed by atoms with Crippen molar-refractivity contribution in [2.75, 3.05) is 18.5 Å². The van der Waals surface area contributed by atoms with E-state index in [9.17, 15) is 0 Å². The van der Waals surface area contributed by atoms with Crippen molar-refractivity contribution in [3.8, 4) is 5.82 Å². The summed E-state index contributed by atoms with van der Waals surface area (Å²) in [7, 11) is 0. The number of benzene rings is 1. The molecule has 20 heavy (non-hydrogen) atoms. The fourth-order valence-electron chi connectivity index (χ4n) is 2.07. The summed E-state index contributed by atoms with van der Waals surface area (Å²) in [5.74, 6) is 1.45. The Morgan fingerprint density at radius 2 is 2.20 bits per heavy atom. The van der Waals surface area contributed by atoms with Gasteiger partial charge in [0.25, 0.3) is 0 Å². The highest BCUT2D eigenvalue weighted by molar-refractivity contribution is 5.83. The van der Waals surface area contributed by atoms with Crippen LogP contribution >= 0.6 is 0 Å². The van der Waals surface area contributed by atoms with Gasteiger partial charge in [0.15, 0.2) is 5.82 Å². The fraction of sp³-hybridized carbons (Fsp3) is 0.214. The minimum absolute atomic E-state index is 0.0996. The highest BCUT2D eigenvalue weighted by atomic mass is 16.3. The van der Waals surface area contributed by atoms with Gasteiger partial charge in [-0.1, -0.05) is 0 Å². The maximum absolute atomic E-state index is 8.87. The molecule has 6 heteroatoms. The summed E-state index contributed by atoms with van der Waals surface area (Å²) in [5.41, 5.74) is 1.91. The number of rotatable bonds is 4. The molecule has 0 unspecified atom stereocenters. The molecule has 0 spiro atoms. The van der Waals surface area contributed by atoms with Crippen molar-refractivity contribution in [1.29, 1.82) is 0 Å². The molecule has 2 heterocycles. The van der Waals surface area contributed by atoms with E-state index in [1.165, 1.54) is 0 Å². The number of aryl methyl sites for hydroxylation is 1. The smallest absolute Gasteiger partial charge is 0.157 e. The normalized spacial score (nSPS) is 10.9. The zero-order valence-electron chi connectivity index (χ0n) is 11.1. The van der Waals surface area contributed by atoms with Gasteiger partial charge in [0.2, 0.25) is 0 Å². The molecule has 6 nitrogen and oxygen atoms in total. The Morgan fingerprint density at radius 3 is 3.00 bits per heavy atom. The van der Waals surface area contributed by atoms with Crippen LogP contribution in [-0.4, -0.2) is 38.0 Å². The van der Waals surface area contributed by atoms with Crippen LogP contribution in [0.15, 0.2) is 36.7 Å². The van der Waals surface area contributed by atoms with Gasteiger partial charge in [-0.05, 0) is 25.1 Å². The van der Waals surface area contributed by atoms with E-state index in [1.807, 2.05) is 37.4 Å². The molecule has 0 aliphatic rings. The third-order valence-corrected chi connectivity index (χ3v) is 2.99. The molecule has 0 fully saturated rings. The van der Waals surface area contributed by atoms with E-state index in [-0.39, 0.29) is 6.61 Å². The molecule has 0 aliphatic carbocycles. The van der Waals surface area contributed by atoms with Crippen LogP contribution in [0.25, 0.3) is 16.7 Å². The lowest BCUT2D eigenvalue weighted by atomic mass is 10.2. The van der Waals surface area contributed by atoms with E-state index < -0.39 is 0 Å². The van der Waals surface area contributed by atoms with Gasteiger partial charge in [-0.2, -0.15) is 5.10 Å². The van der Waals surface area contributed by atoms with Gasteiger partial charge < -0.3 is 10.4 Å². The molecule has 0 saturated heterocycles. The average Bonchev–Trinajstić information content (AvgIpc) is 2.88. The van der Waals surface area contributed by atoms with E-state index in [2.05, 4.69) is 20.4 Å². The molecule has 2 N–H and O–H groups in total. The van der Waals surface area contributed by atoms with Crippen molar-refractivity contribution >= 4 is 16.6 Å². The number of nitrogens with one attached hydrogen (secondary N) is 1. The first kappa shape index (κ1) is 12.6. The Morgan fingerprint density at radius 1 is 1.30 bits per heavy atom. The van der Waals surface area contributed by atoms with Crippen LogP contribution in [-0.2, 0) is 0 Å². The lowest BCUT2D eigenvalue weighted by Gasteiger charge is -2.06. The predicted molar refractivity (Wildman–Crippen MR) is 77.0 cm³/mol. The van der Waals surface area contributed by atoms with E-state index in [0.29, 0.717) is 12.4 Å². The van der Waals surface area contributed by atoms with E-state index in [4.69, 9.17) is 5.11 Å². The van der Waals surface area contributed by atoms with Crippen LogP contribution in [0.3, 0.4) is 0 Å². The van der Waals surface area contributed by atoms with Crippen molar-refractivity contribution in [3.63, 3.8) is 0 Å². The zero-order valence-corrected chi connectivity index (χ0v) is 11.1. The van der Waals surface area contributed by atoms with Crippen LogP contribution in [0.4, 0.5) is 5.69 Å². The van der Waals surface area contributed by atoms with Crippen LogP contribution in [0.2, 0.25) is 0 Å². The molecule has 0 bridgehead atoms. The number of hydrogen-bond acceptors (Lipinski definition) is 5. The van der Waals surface area contributed by atoms with Crippen molar-refractivity contribution < 1.29 is 5.11 Å². The molecule has 0 atom stereocenters. The van der Waals surface area contributed by atoms with Gasteiger partial charge in [0, 0.05) is 29.9 Å². The van der Waals surface area contributed by atoms with Crippen LogP contribution < -0.4 is 5.32 Å². The number of aromatic nitrogens is 4. The minimum atomic E-state index is 0.0996. The van der Waals surface area contributed by atoms with E-state index in [1.54, 1.807) is 10.9 Å². The summed E-state index contributed by atoms with van der Waals surface area (Å²) in [4.78, 5) is 8.48. The Hall–Kier alpha value is -2.47. The third-order valence-electron chi connectivity index (χ3n) is 2.99. The van der Waals surface area contributed by atoms with Gasteiger partial charge >= 0.3 is 0 Å². The maximum atomic E-state index is 8.87. The Kier molecular flexibility index (Phi) is 3.30. The predicted octanol–water partition coefficient (Wildman–Crippen LogP) is 1.53. The highest BCUT2D eigenvalue weighted by Gasteiger charge is 2.07. The van der Waals surface area contributed by atoms with Crippen LogP contribution in [0.5, 0.6) is 0 Å². The molecular formula is C14H15N5O. The Labute approximate surface area is 116 Å². The first-order valence-corrected chi connectivity index (χ1v) is 6.40. The van der Waals surface area contributed by atoms with Crippen molar-refractivity contribution in [2.45, 2.75) is 6.92 Å². The molecule has 2 aromatic heterocycles. The van der Waals surface area contributed by atoms with Crippen molar-refractivity contribution in [1.82, 2.24) is 19.7 Å². The lowest BCUT2D eigenvalue weighted by molar-refractivity contribution is 0.311. The second kappa shape index (κ2) is 5.26. The quantitative estimate of drug-likeness (QED) is 0.751. The SMILES string of the molecule is Cc1nccc(-n2ncc3ccc(NCCO)cc32)n1. The molecule has 0 radical (unpaired) electrons. The molecular weight excluding hydrogens is 254 g/mol. The number of nitrogens with zero attached hydrogens (tertiary/aromatic N) is 4. The number of aliphatic hydroxyl groups is 1. The molecule has 1 aromatic carbocycles. The van der Waals surface area contributed by atoms with E-state index >= 15 is 0 Å². The molecule has 3 rings (SSSR count). The third kappa shape index (κ3) is 2.33. The zero-order chi connectivity index (χ0) is 13.9. The number of anilines is 1. The number of hydrogen-bond donors (Lipinski definition) is 2. The first-order chi connectivity index (χ1) is 9.78. The van der Waals surface area contributed by atoms with Crippen molar-refractivity contribution in [2.24, 2.45) is 0 Å². The van der Waals surface area contributed by atoms with Crippen molar-refractivity contribution in [3.05, 3.63) is 42.5 Å². The summed E-state index contributed by atoms with van der Waals surface area (Å²) in [5, 5.41) is 17.4. The summed E-state index contributed by atoms with van der Waals surface area (Å²) in [6, 6.07) is 7.78. The number of aliphatic hydroxyl groups excluding tert-OH is 1. The summed E-state index contributed by atoms with van der Waals surface area (Å²) in [6.07, 6.45) is 3.53. The van der Waals surface area contributed by atoms with Gasteiger partial charge in [-0.25, -0.2) is 14.6 Å². The summed E-state index contributed by atoms with van der Waals surface area (Å²) in [6.45, 7) is 2.47. The summed E-state index contributed by atoms with van der Waals surface area (Å²) < 4.78 is 1.79. The number of fused-ring (bicyclic) bond motifs is 1. The molecule has 3 aromatic rings. The first-order valence-electron chi connectivity index (χ1n) is 6.40. The van der Waals surface area contributed by atoms with Gasteiger partial charge in [0.1, 0.15) is 5.82 Å². The van der Waals surface area contributed by atoms with Crippen LogP contribution in [0, 0.1) is 6.92 Å². The van der Waals surface area contributed by atoms with Gasteiger partial charge in [0.05, 0.1) is 18.3 Å². The van der Waals surface area contributed by atoms with Crippen LogP contribution in [0.1, 0.15) is 5.82 Å². The van der Waals surface area contributed by atoms with Gasteiger partial charge in [-0.15, -0.1) is 0 Å². The second-order valence-corrected chi connectivity index (χ2v) is 4.44. The maximum Gasteiger partial charge on any atom is 0.157 e. The second-order valence-electron chi connectivity index (χ2n) is 4.44.